The molecule has 0 N–H and O–H groups in total. The summed E-state index contributed by atoms with van der Waals surface area (Å²) in [6.45, 7) is 0. The van der Waals surface area contributed by atoms with Crippen molar-refractivity contribution in [3.63, 3.8) is 0 Å². The average Bonchev–Trinajstić information content (AvgIpc) is 2.48. The summed E-state index contributed by atoms with van der Waals surface area (Å²) < 4.78 is 0. The summed E-state index contributed by atoms with van der Waals surface area (Å²) in [4.78, 5) is 8.57. The van der Waals surface area contributed by atoms with E-state index in [2.05, 4.69) is 9.97 Å². The second kappa shape index (κ2) is 5.61. The van der Waals surface area contributed by atoms with Gasteiger partial charge in [0, 0.05) is 21.2 Å². The van der Waals surface area contributed by atoms with Gasteiger partial charge >= 0.3 is 0 Å². The first kappa shape index (κ1) is 13.1. The number of halogens is 2. The van der Waals surface area contributed by atoms with E-state index in [0.717, 1.165) is 22.5 Å². The van der Waals surface area contributed by atoms with Gasteiger partial charge in [-0.15, -0.1) is 0 Å². The van der Waals surface area contributed by atoms with E-state index < -0.39 is 0 Å². The monoisotopic (exact) mass is 300 g/mol. The van der Waals surface area contributed by atoms with Crippen LogP contribution in [0.15, 0.2) is 60.9 Å². The van der Waals surface area contributed by atoms with Gasteiger partial charge in [-0.25, -0.2) is 9.97 Å². The number of aromatic nitrogens is 2. The highest BCUT2D eigenvalue weighted by molar-refractivity contribution is 6.33. The van der Waals surface area contributed by atoms with Gasteiger partial charge in [-0.3, -0.25) is 0 Å². The van der Waals surface area contributed by atoms with Gasteiger partial charge in [-0.1, -0.05) is 59.6 Å². The summed E-state index contributed by atoms with van der Waals surface area (Å²) >= 11 is 12.4. The van der Waals surface area contributed by atoms with Crippen LogP contribution in [-0.4, -0.2) is 9.97 Å². The minimum atomic E-state index is 0.663. The van der Waals surface area contributed by atoms with Crippen molar-refractivity contribution >= 4 is 23.2 Å². The van der Waals surface area contributed by atoms with Crippen molar-refractivity contribution in [1.29, 1.82) is 0 Å². The van der Waals surface area contributed by atoms with Gasteiger partial charge in [0.05, 0.1) is 11.4 Å². The Morgan fingerprint density at radius 1 is 0.650 bits per heavy atom. The Balaban J connectivity index is 2.12. The molecule has 0 spiro atoms. The van der Waals surface area contributed by atoms with E-state index in [1.807, 2.05) is 54.6 Å². The number of rotatable bonds is 2. The van der Waals surface area contributed by atoms with E-state index in [0.29, 0.717) is 10.0 Å². The quantitative estimate of drug-likeness (QED) is 0.656. The highest BCUT2D eigenvalue weighted by Gasteiger charge is 2.08. The molecule has 0 aliphatic heterocycles. The third kappa shape index (κ3) is 2.53. The van der Waals surface area contributed by atoms with E-state index in [1.165, 1.54) is 6.33 Å². The number of benzene rings is 2. The topological polar surface area (TPSA) is 25.8 Å². The molecule has 20 heavy (non-hydrogen) atoms. The zero-order valence-corrected chi connectivity index (χ0v) is 11.9. The van der Waals surface area contributed by atoms with Crippen LogP contribution in [0.1, 0.15) is 0 Å². The zero-order chi connectivity index (χ0) is 13.9. The lowest BCUT2D eigenvalue weighted by Gasteiger charge is -2.07. The standard InChI is InChI=1S/C16H10Cl2N2/c17-13-7-3-1-5-11(13)15-9-16(20-10-19-15)12-6-2-4-8-14(12)18/h1-10H. The molecular weight excluding hydrogens is 291 g/mol. The molecule has 0 amide bonds. The molecule has 0 atom stereocenters. The molecule has 0 aliphatic rings. The molecule has 1 aromatic heterocycles. The van der Waals surface area contributed by atoms with E-state index in [-0.39, 0.29) is 0 Å². The third-order valence-electron chi connectivity index (χ3n) is 2.97. The largest absolute Gasteiger partial charge is 0.236 e. The number of hydrogen-bond acceptors (Lipinski definition) is 2. The highest BCUT2D eigenvalue weighted by Crippen LogP contribution is 2.30. The van der Waals surface area contributed by atoms with Crippen LogP contribution in [0.2, 0.25) is 10.0 Å². The maximum atomic E-state index is 6.20. The van der Waals surface area contributed by atoms with Crippen LogP contribution in [0.3, 0.4) is 0 Å². The molecule has 0 saturated heterocycles. The number of nitrogens with zero attached hydrogens (tertiary/aromatic N) is 2. The molecule has 0 fully saturated rings. The fourth-order valence-electron chi connectivity index (χ4n) is 1.99. The molecule has 4 heteroatoms. The summed E-state index contributed by atoms with van der Waals surface area (Å²) in [5.74, 6) is 0. The SMILES string of the molecule is Clc1ccccc1-c1cc(-c2ccccc2Cl)ncn1. The highest BCUT2D eigenvalue weighted by atomic mass is 35.5. The minimum Gasteiger partial charge on any atom is -0.236 e. The smallest absolute Gasteiger partial charge is 0.116 e. The van der Waals surface area contributed by atoms with E-state index in [1.54, 1.807) is 0 Å². The van der Waals surface area contributed by atoms with Crippen molar-refractivity contribution in [3.8, 4) is 22.5 Å². The fourth-order valence-corrected chi connectivity index (χ4v) is 2.45. The second-order valence-electron chi connectivity index (χ2n) is 4.25. The van der Waals surface area contributed by atoms with E-state index in [9.17, 15) is 0 Å². The molecular formula is C16H10Cl2N2. The average molecular weight is 301 g/mol. The van der Waals surface area contributed by atoms with Gasteiger partial charge in [-0.05, 0) is 18.2 Å². The van der Waals surface area contributed by atoms with Gasteiger partial charge in [0.25, 0.3) is 0 Å². The first-order valence-electron chi connectivity index (χ1n) is 6.07. The first-order chi connectivity index (χ1) is 9.75. The number of hydrogen-bond donors (Lipinski definition) is 0. The van der Waals surface area contributed by atoms with Gasteiger partial charge in [0.15, 0.2) is 0 Å². The summed E-state index contributed by atoms with van der Waals surface area (Å²) in [6, 6.07) is 17.1. The molecule has 3 aromatic rings. The maximum absolute atomic E-state index is 6.20. The Hall–Kier alpha value is -1.90. The summed E-state index contributed by atoms with van der Waals surface area (Å²) in [5.41, 5.74) is 3.32. The third-order valence-corrected chi connectivity index (χ3v) is 3.63. The summed E-state index contributed by atoms with van der Waals surface area (Å²) in [6.07, 6.45) is 1.53. The lowest BCUT2D eigenvalue weighted by molar-refractivity contribution is 1.18. The van der Waals surface area contributed by atoms with Crippen LogP contribution in [-0.2, 0) is 0 Å². The molecule has 0 bridgehead atoms. The van der Waals surface area contributed by atoms with Crippen LogP contribution in [0, 0.1) is 0 Å². The molecule has 2 aromatic carbocycles. The van der Waals surface area contributed by atoms with Crippen LogP contribution < -0.4 is 0 Å². The molecule has 1 heterocycles. The van der Waals surface area contributed by atoms with Gasteiger partial charge in [-0.2, -0.15) is 0 Å². The fraction of sp³-hybridized carbons (Fsp3) is 0. The summed E-state index contributed by atoms with van der Waals surface area (Å²) in [5, 5.41) is 1.33. The van der Waals surface area contributed by atoms with Crippen LogP contribution in [0.5, 0.6) is 0 Å². The Kier molecular flexibility index (Phi) is 3.68. The van der Waals surface area contributed by atoms with E-state index >= 15 is 0 Å². The molecule has 3 rings (SSSR count). The first-order valence-corrected chi connectivity index (χ1v) is 6.83. The predicted molar refractivity (Wildman–Crippen MR) is 82.9 cm³/mol. The zero-order valence-electron chi connectivity index (χ0n) is 10.4. The van der Waals surface area contributed by atoms with Crippen molar-refractivity contribution in [2.75, 3.05) is 0 Å². The van der Waals surface area contributed by atoms with Crippen LogP contribution in [0.4, 0.5) is 0 Å². The Labute approximate surface area is 127 Å². The van der Waals surface area contributed by atoms with Crippen LogP contribution in [0.25, 0.3) is 22.5 Å². The Morgan fingerprint density at radius 2 is 1.10 bits per heavy atom. The van der Waals surface area contributed by atoms with Gasteiger partial charge in [0.1, 0.15) is 6.33 Å². The molecule has 0 saturated carbocycles. The van der Waals surface area contributed by atoms with Crippen molar-refractivity contribution in [1.82, 2.24) is 9.97 Å². The second-order valence-corrected chi connectivity index (χ2v) is 5.06. The molecule has 0 aliphatic carbocycles. The minimum absolute atomic E-state index is 0.663. The van der Waals surface area contributed by atoms with Crippen molar-refractivity contribution in [2.24, 2.45) is 0 Å². The Bertz CT molecular complexity index is 696. The molecule has 98 valence electrons. The van der Waals surface area contributed by atoms with Gasteiger partial charge < -0.3 is 0 Å². The Morgan fingerprint density at radius 3 is 1.55 bits per heavy atom. The van der Waals surface area contributed by atoms with E-state index in [4.69, 9.17) is 23.2 Å². The van der Waals surface area contributed by atoms with Gasteiger partial charge in [0.2, 0.25) is 0 Å². The molecule has 0 radical (unpaired) electrons. The lowest BCUT2D eigenvalue weighted by Crippen LogP contribution is -1.90. The van der Waals surface area contributed by atoms with Crippen molar-refractivity contribution < 1.29 is 0 Å². The summed E-state index contributed by atoms with van der Waals surface area (Å²) in [7, 11) is 0. The molecule has 0 unspecified atom stereocenters. The van der Waals surface area contributed by atoms with Crippen LogP contribution >= 0.6 is 23.2 Å². The predicted octanol–water partition coefficient (Wildman–Crippen LogP) is 5.12. The van der Waals surface area contributed by atoms with Crippen molar-refractivity contribution in [2.45, 2.75) is 0 Å². The molecule has 2 nitrogen and oxygen atoms in total. The maximum Gasteiger partial charge on any atom is 0.116 e. The van der Waals surface area contributed by atoms with Crippen molar-refractivity contribution in [3.05, 3.63) is 71.0 Å². The normalized spacial score (nSPS) is 10.5. The lowest BCUT2D eigenvalue weighted by atomic mass is 10.1.